The fourth-order valence-corrected chi connectivity index (χ4v) is 3.99. The maximum absolute atomic E-state index is 5.98. The Balaban J connectivity index is 2.32. The van der Waals surface area contributed by atoms with Gasteiger partial charge in [-0.05, 0) is 31.2 Å². The van der Waals surface area contributed by atoms with E-state index >= 15 is 0 Å². The second-order valence-electron chi connectivity index (χ2n) is 5.47. The molecular formula is C16H24N2S2. The molecule has 4 heteroatoms. The Morgan fingerprint density at radius 2 is 1.90 bits per heavy atom. The molecule has 0 amide bonds. The minimum Gasteiger partial charge on any atom is -0.389 e. The van der Waals surface area contributed by atoms with Crippen molar-refractivity contribution in [3.8, 4) is 0 Å². The van der Waals surface area contributed by atoms with Gasteiger partial charge < -0.3 is 10.6 Å². The van der Waals surface area contributed by atoms with Crippen LogP contribution in [-0.4, -0.2) is 24.3 Å². The van der Waals surface area contributed by atoms with Crippen molar-refractivity contribution in [2.24, 2.45) is 5.73 Å². The Hall–Kier alpha value is -0.740. The summed E-state index contributed by atoms with van der Waals surface area (Å²) in [5, 5.41) is 0. The average Bonchev–Trinajstić information content (AvgIpc) is 2.74. The molecule has 20 heavy (non-hydrogen) atoms. The fourth-order valence-electron chi connectivity index (χ4n) is 3.07. The molecule has 0 radical (unpaired) electrons. The van der Waals surface area contributed by atoms with Crippen LogP contribution in [0.3, 0.4) is 0 Å². The van der Waals surface area contributed by atoms with E-state index in [1.54, 1.807) is 11.8 Å². The molecule has 110 valence electrons. The first-order valence-electron chi connectivity index (χ1n) is 7.34. The minimum atomic E-state index is 0.505. The van der Waals surface area contributed by atoms with Crippen molar-refractivity contribution in [2.45, 2.75) is 49.5 Å². The maximum atomic E-state index is 5.98. The van der Waals surface area contributed by atoms with Crippen molar-refractivity contribution < 1.29 is 0 Å². The number of nitrogens with zero attached hydrogens (tertiary/aromatic N) is 1. The zero-order chi connectivity index (χ0) is 14.5. The van der Waals surface area contributed by atoms with Crippen LogP contribution in [-0.2, 0) is 0 Å². The summed E-state index contributed by atoms with van der Waals surface area (Å²) >= 11 is 7.00. The van der Waals surface area contributed by atoms with E-state index in [9.17, 15) is 0 Å². The van der Waals surface area contributed by atoms with E-state index in [1.165, 1.54) is 49.1 Å². The smallest absolute Gasteiger partial charge is 0.107 e. The SMILES string of the molecule is CSc1cccc(N(C)C2CCCCCC2)c1C(N)=S. The second-order valence-corrected chi connectivity index (χ2v) is 6.76. The third-order valence-electron chi connectivity index (χ3n) is 4.22. The van der Waals surface area contributed by atoms with Crippen molar-refractivity contribution in [3.05, 3.63) is 23.8 Å². The standard InChI is InChI=1S/C16H24N2S2/c1-18(12-8-5-3-4-6-9-12)13-10-7-11-14(20-2)15(13)16(17)19/h7,10-12H,3-6,8-9H2,1-2H3,(H2,17,19). The van der Waals surface area contributed by atoms with Crippen molar-refractivity contribution in [3.63, 3.8) is 0 Å². The molecule has 0 aromatic heterocycles. The molecule has 0 aliphatic heterocycles. The van der Waals surface area contributed by atoms with Crippen molar-refractivity contribution in [1.29, 1.82) is 0 Å². The van der Waals surface area contributed by atoms with Gasteiger partial charge in [0.2, 0.25) is 0 Å². The summed E-state index contributed by atoms with van der Waals surface area (Å²) in [6.45, 7) is 0. The predicted octanol–water partition coefficient (Wildman–Crippen LogP) is 4.20. The van der Waals surface area contributed by atoms with Gasteiger partial charge in [0.25, 0.3) is 0 Å². The molecule has 0 spiro atoms. The van der Waals surface area contributed by atoms with Gasteiger partial charge in [0, 0.05) is 29.2 Å². The molecule has 0 atom stereocenters. The van der Waals surface area contributed by atoms with Crippen LogP contribution in [0, 0.1) is 0 Å². The van der Waals surface area contributed by atoms with Crippen LogP contribution in [0.25, 0.3) is 0 Å². The third kappa shape index (κ3) is 3.47. The quantitative estimate of drug-likeness (QED) is 0.513. The van der Waals surface area contributed by atoms with Gasteiger partial charge in [0.05, 0.1) is 0 Å². The zero-order valence-electron chi connectivity index (χ0n) is 12.4. The lowest BCUT2D eigenvalue weighted by Gasteiger charge is -2.31. The molecule has 2 rings (SSSR count). The first kappa shape index (κ1) is 15.6. The van der Waals surface area contributed by atoms with Crippen LogP contribution >= 0.6 is 24.0 Å². The Morgan fingerprint density at radius 3 is 2.45 bits per heavy atom. The highest BCUT2D eigenvalue weighted by molar-refractivity contribution is 7.98. The molecule has 1 aliphatic rings. The van der Waals surface area contributed by atoms with Crippen LogP contribution in [0.15, 0.2) is 23.1 Å². The van der Waals surface area contributed by atoms with Crippen LogP contribution in [0.4, 0.5) is 5.69 Å². The van der Waals surface area contributed by atoms with E-state index in [4.69, 9.17) is 18.0 Å². The van der Waals surface area contributed by atoms with E-state index in [-0.39, 0.29) is 0 Å². The van der Waals surface area contributed by atoms with Crippen LogP contribution in [0.5, 0.6) is 0 Å². The molecule has 0 saturated heterocycles. The molecular weight excluding hydrogens is 284 g/mol. The largest absolute Gasteiger partial charge is 0.389 e. The van der Waals surface area contributed by atoms with Crippen LogP contribution in [0.2, 0.25) is 0 Å². The summed E-state index contributed by atoms with van der Waals surface area (Å²) in [6.07, 6.45) is 10.0. The number of nitrogens with two attached hydrogens (primary N) is 1. The van der Waals surface area contributed by atoms with Gasteiger partial charge in [0.1, 0.15) is 4.99 Å². The molecule has 1 saturated carbocycles. The first-order chi connectivity index (χ1) is 9.65. The van der Waals surface area contributed by atoms with Gasteiger partial charge in [-0.1, -0.05) is 44.0 Å². The van der Waals surface area contributed by atoms with Crippen molar-refractivity contribution in [1.82, 2.24) is 0 Å². The van der Waals surface area contributed by atoms with Gasteiger partial charge >= 0.3 is 0 Å². The molecule has 2 nitrogen and oxygen atoms in total. The summed E-state index contributed by atoms with van der Waals surface area (Å²) in [5.41, 5.74) is 8.21. The maximum Gasteiger partial charge on any atom is 0.107 e. The molecule has 0 heterocycles. The molecule has 2 N–H and O–H groups in total. The van der Waals surface area contributed by atoms with Gasteiger partial charge in [-0.25, -0.2) is 0 Å². The summed E-state index contributed by atoms with van der Waals surface area (Å²) < 4.78 is 0. The number of hydrogen-bond acceptors (Lipinski definition) is 3. The van der Waals surface area contributed by atoms with E-state index in [0.717, 1.165) is 5.56 Å². The monoisotopic (exact) mass is 308 g/mol. The van der Waals surface area contributed by atoms with Gasteiger partial charge in [-0.2, -0.15) is 0 Å². The third-order valence-corrected chi connectivity index (χ3v) is 5.21. The van der Waals surface area contributed by atoms with Crippen LogP contribution in [0.1, 0.15) is 44.1 Å². The topological polar surface area (TPSA) is 29.3 Å². The number of thioether (sulfide) groups is 1. The summed E-state index contributed by atoms with van der Waals surface area (Å²) in [6, 6.07) is 6.97. The van der Waals surface area contributed by atoms with Crippen molar-refractivity contribution >= 4 is 34.7 Å². The summed E-state index contributed by atoms with van der Waals surface area (Å²) in [4.78, 5) is 4.08. The molecule has 1 aromatic carbocycles. The molecule has 0 unspecified atom stereocenters. The summed E-state index contributed by atoms with van der Waals surface area (Å²) in [5.74, 6) is 0. The predicted molar refractivity (Wildman–Crippen MR) is 94.0 cm³/mol. The van der Waals surface area contributed by atoms with E-state index < -0.39 is 0 Å². The number of benzene rings is 1. The van der Waals surface area contributed by atoms with Gasteiger partial charge in [0.15, 0.2) is 0 Å². The molecule has 1 aromatic rings. The molecule has 1 fully saturated rings. The van der Waals surface area contributed by atoms with Gasteiger partial charge in [-0.3, -0.25) is 0 Å². The Kier molecular flexibility index (Phi) is 5.73. The lowest BCUT2D eigenvalue weighted by molar-refractivity contribution is 0.552. The number of rotatable bonds is 4. The Labute approximate surface area is 132 Å². The van der Waals surface area contributed by atoms with Crippen LogP contribution < -0.4 is 10.6 Å². The first-order valence-corrected chi connectivity index (χ1v) is 8.98. The normalized spacial score (nSPS) is 16.7. The Bertz CT molecular complexity index is 466. The highest BCUT2D eigenvalue weighted by Gasteiger charge is 2.21. The average molecular weight is 309 g/mol. The molecule has 0 bridgehead atoms. The number of hydrogen-bond donors (Lipinski definition) is 1. The lowest BCUT2D eigenvalue weighted by Crippen LogP contribution is -2.33. The lowest BCUT2D eigenvalue weighted by atomic mass is 10.0. The Morgan fingerprint density at radius 1 is 1.25 bits per heavy atom. The highest BCUT2D eigenvalue weighted by Crippen LogP contribution is 2.32. The molecule has 1 aliphatic carbocycles. The summed E-state index contributed by atoms with van der Waals surface area (Å²) in [7, 11) is 2.19. The zero-order valence-corrected chi connectivity index (χ0v) is 14.0. The number of thiocarbonyl (C=S) groups is 1. The second kappa shape index (κ2) is 7.32. The van der Waals surface area contributed by atoms with E-state index in [0.29, 0.717) is 11.0 Å². The fraction of sp³-hybridized carbons (Fsp3) is 0.562. The number of anilines is 1. The van der Waals surface area contributed by atoms with E-state index in [2.05, 4.69) is 36.4 Å². The van der Waals surface area contributed by atoms with Crippen molar-refractivity contribution in [2.75, 3.05) is 18.2 Å². The van der Waals surface area contributed by atoms with Gasteiger partial charge in [-0.15, -0.1) is 11.8 Å². The minimum absolute atomic E-state index is 0.505. The van der Waals surface area contributed by atoms with E-state index in [1.807, 2.05) is 0 Å². The highest BCUT2D eigenvalue weighted by atomic mass is 32.2.